The molecule has 0 spiro atoms. The Balaban J connectivity index is 1.83. The lowest BCUT2D eigenvalue weighted by molar-refractivity contribution is -0.123. The highest BCUT2D eigenvalue weighted by molar-refractivity contribution is 5.96. The number of nitrogens with one attached hydrogen (secondary N) is 1. The Kier molecular flexibility index (Phi) is 2.25. The van der Waals surface area contributed by atoms with E-state index >= 15 is 0 Å². The fraction of sp³-hybridized carbons (Fsp3) is 0.471. The number of hydrogen-bond donors (Lipinski definition) is 3. The number of ketones is 1. The van der Waals surface area contributed by atoms with E-state index in [2.05, 4.69) is 5.32 Å². The van der Waals surface area contributed by atoms with Crippen LogP contribution in [0.15, 0.2) is 24.3 Å². The van der Waals surface area contributed by atoms with Crippen LogP contribution in [0.3, 0.4) is 0 Å². The number of hydrogen-bond acceptors (Lipinski definition) is 5. The maximum atomic E-state index is 12.5. The van der Waals surface area contributed by atoms with Crippen molar-refractivity contribution in [1.82, 2.24) is 5.32 Å². The zero-order valence-corrected chi connectivity index (χ0v) is 12.0. The predicted molar refractivity (Wildman–Crippen MR) is 78.0 cm³/mol. The van der Waals surface area contributed by atoms with Gasteiger partial charge in [-0.25, -0.2) is 0 Å². The number of fused-ring (bicyclic) bond motifs is 1. The summed E-state index contributed by atoms with van der Waals surface area (Å²) in [5.41, 5.74) is 1.04. The van der Waals surface area contributed by atoms with E-state index in [9.17, 15) is 15.0 Å². The Morgan fingerprint density at radius 1 is 1.36 bits per heavy atom. The largest absolute Gasteiger partial charge is 0.504 e. The number of phenolic OH excluding ortho intramolecular Hbond substituents is 1. The molecular formula is C17H17NO4. The van der Waals surface area contributed by atoms with Crippen molar-refractivity contribution < 1.29 is 19.7 Å². The van der Waals surface area contributed by atoms with E-state index in [4.69, 9.17) is 4.74 Å². The summed E-state index contributed by atoms with van der Waals surface area (Å²) in [6.45, 7) is 0.757. The Hall–Kier alpha value is -1.85. The van der Waals surface area contributed by atoms with Crippen LogP contribution in [0.4, 0.5) is 0 Å². The molecule has 114 valence electrons. The first kappa shape index (κ1) is 12.7. The van der Waals surface area contributed by atoms with Gasteiger partial charge in [-0.3, -0.25) is 4.79 Å². The molecule has 6 rings (SSSR count). The molecule has 2 unspecified atom stereocenters. The summed E-state index contributed by atoms with van der Waals surface area (Å²) in [7, 11) is 0. The van der Waals surface area contributed by atoms with Gasteiger partial charge in [0.05, 0.1) is 5.60 Å². The summed E-state index contributed by atoms with van der Waals surface area (Å²) >= 11 is 0. The molecule has 1 aromatic rings. The second-order valence-corrected chi connectivity index (χ2v) is 6.91. The fourth-order valence-electron chi connectivity index (χ4n) is 4.70. The van der Waals surface area contributed by atoms with Crippen LogP contribution in [-0.4, -0.2) is 40.3 Å². The Bertz CT molecular complexity index is 728. The molecule has 0 saturated carbocycles. The van der Waals surface area contributed by atoms with Crippen LogP contribution < -0.4 is 10.1 Å². The highest BCUT2D eigenvalue weighted by Gasteiger charge is 2.54. The number of piperidine rings is 1. The van der Waals surface area contributed by atoms with E-state index in [0.717, 1.165) is 17.7 Å². The zero-order chi connectivity index (χ0) is 15.1. The van der Waals surface area contributed by atoms with E-state index in [1.165, 1.54) is 6.08 Å². The van der Waals surface area contributed by atoms with Gasteiger partial charge in [0.1, 0.15) is 0 Å². The number of aromatic hydroxyl groups is 1. The van der Waals surface area contributed by atoms with Crippen molar-refractivity contribution in [2.24, 2.45) is 5.92 Å². The third-order valence-corrected chi connectivity index (χ3v) is 5.74. The van der Waals surface area contributed by atoms with Gasteiger partial charge in [-0.15, -0.1) is 0 Å². The molecular weight excluding hydrogens is 282 g/mol. The van der Waals surface area contributed by atoms with Crippen molar-refractivity contribution in [3.63, 3.8) is 0 Å². The van der Waals surface area contributed by atoms with Crippen molar-refractivity contribution >= 4 is 5.78 Å². The third kappa shape index (κ3) is 1.43. The van der Waals surface area contributed by atoms with Crippen LogP contribution in [-0.2, 0) is 11.2 Å². The normalized spacial score (nSPS) is 42.3. The second kappa shape index (κ2) is 3.91. The lowest BCUT2D eigenvalue weighted by atomic mass is 9.65. The molecule has 5 aliphatic rings. The van der Waals surface area contributed by atoms with Crippen molar-refractivity contribution in [3.05, 3.63) is 35.4 Å². The fourth-order valence-corrected chi connectivity index (χ4v) is 4.70. The number of rotatable bonds is 0. The number of phenols is 1. The number of carbonyl (C=O) groups excluding carboxylic acids is 1. The third-order valence-electron chi connectivity index (χ3n) is 5.74. The zero-order valence-electron chi connectivity index (χ0n) is 12.0. The van der Waals surface area contributed by atoms with Gasteiger partial charge in [-0.05, 0) is 49.1 Å². The summed E-state index contributed by atoms with van der Waals surface area (Å²) in [6.07, 6.45) is 3.79. The van der Waals surface area contributed by atoms with Crippen molar-refractivity contribution in [1.29, 1.82) is 0 Å². The molecule has 1 saturated heterocycles. The molecule has 1 aromatic carbocycles. The number of aliphatic hydroxyl groups is 1. The molecule has 0 aromatic heterocycles. The van der Waals surface area contributed by atoms with Gasteiger partial charge >= 0.3 is 0 Å². The summed E-state index contributed by atoms with van der Waals surface area (Å²) in [5, 5.41) is 24.6. The minimum Gasteiger partial charge on any atom is -0.504 e. The topological polar surface area (TPSA) is 78.8 Å². The standard InChI is InChI=1S/C17H17NO4/c19-10-2-1-8-5-12-17(21)4-3-11(20)16-14(9(6-17)7-18-12)13(8)15(10)22-16/h1-4,9,12,14,16,18-19,21H,5-7H2/b4-3-/t9?,12-,14-,16+,17?/m1/s1. The minimum absolute atomic E-state index is 0.0990. The molecule has 0 radical (unpaired) electrons. The van der Waals surface area contributed by atoms with Crippen molar-refractivity contribution in [3.8, 4) is 11.5 Å². The molecule has 5 nitrogen and oxygen atoms in total. The molecule has 3 aliphatic heterocycles. The van der Waals surface area contributed by atoms with Crippen LogP contribution in [0.2, 0.25) is 0 Å². The van der Waals surface area contributed by atoms with Crippen molar-refractivity contribution in [2.45, 2.75) is 36.5 Å². The Labute approximate surface area is 127 Å². The first-order valence-corrected chi connectivity index (χ1v) is 7.77. The molecule has 2 aliphatic carbocycles. The molecule has 3 heterocycles. The maximum absolute atomic E-state index is 12.5. The maximum Gasteiger partial charge on any atom is 0.196 e. The molecule has 5 heteroatoms. The first-order valence-electron chi connectivity index (χ1n) is 7.77. The molecule has 4 bridgehead atoms. The average Bonchev–Trinajstić information content (AvgIpc) is 2.87. The summed E-state index contributed by atoms with van der Waals surface area (Å²) in [5.74, 6) is 0.448. The molecule has 0 amide bonds. The van der Waals surface area contributed by atoms with Crippen LogP contribution in [0.1, 0.15) is 23.5 Å². The minimum atomic E-state index is -0.998. The predicted octanol–water partition coefficient (Wildman–Crippen LogP) is 0.641. The van der Waals surface area contributed by atoms with Gasteiger partial charge in [0, 0.05) is 17.5 Å². The number of ether oxygens (including phenoxy) is 1. The Morgan fingerprint density at radius 2 is 2.23 bits per heavy atom. The number of carbonyl (C=O) groups is 1. The van der Waals surface area contributed by atoms with E-state index in [1.54, 1.807) is 12.1 Å². The molecule has 22 heavy (non-hydrogen) atoms. The van der Waals surface area contributed by atoms with Gasteiger partial charge in [0.15, 0.2) is 23.4 Å². The summed E-state index contributed by atoms with van der Waals surface area (Å²) in [6, 6.07) is 3.39. The second-order valence-electron chi connectivity index (χ2n) is 6.91. The van der Waals surface area contributed by atoms with E-state index in [1.807, 2.05) is 6.07 Å². The SMILES string of the molecule is O=C1/C=C\C2(O)CC3CN[C@@H]2Cc2ccc(O)c4c2[C@@H]3[C@H]1O4. The highest BCUT2D eigenvalue weighted by atomic mass is 16.5. The Morgan fingerprint density at radius 3 is 3.09 bits per heavy atom. The van der Waals surface area contributed by atoms with E-state index in [0.29, 0.717) is 18.6 Å². The highest BCUT2D eigenvalue weighted by Crippen LogP contribution is 2.54. The molecule has 5 atom stereocenters. The quantitative estimate of drug-likeness (QED) is 0.655. The van der Waals surface area contributed by atoms with Crippen LogP contribution in [0.25, 0.3) is 0 Å². The van der Waals surface area contributed by atoms with Gasteiger partial charge in [0.25, 0.3) is 0 Å². The van der Waals surface area contributed by atoms with Crippen LogP contribution >= 0.6 is 0 Å². The molecule has 3 N–H and O–H groups in total. The van der Waals surface area contributed by atoms with Crippen LogP contribution in [0.5, 0.6) is 11.5 Å². The summed E-state index contributed by atoms with van der Waals surface area (Å²) < 4.78 is 5.87. The van der Waals surface area contributed by atoms with Crippen LogP contribution in [0, 0.1) is 5.92 Å². The lowest BCUT2D eigenvalue weighted by Crippen LogP contribution is -2.61. The molecule has 1 fully saturated rings. The van der Waals surface area contributed by atoms with Gasteiger partial charge in [-0.1, -0.05) is 6.07 Å². The smallest absolute Gasteiger partial charge is 0.196 e. The van der Waals surface area contributed by atoms with Crippen molar-refractivity contribution in [2.75, 3.05) is 6.54 Å². The lowest BCUT2D eigenvalue weighted by Gasteiger charge is -2.47. The van der Waals surface area contributed by atoms with Gasteiger partial charge < -0.3 is 20.3 Å². The number of benzene rings is 1. The van der Waals surface area contributed by atoms with E-state index < -0.39 is 11.7 Å². The van der Waals surface area contributed by atoms with Gasteiger partial charge in [0.2, 0.25) is 0 Å². The van der Waals surface area contributed by atoms with E-state index in [-0.39, 0.29) is 29.4 Å². The first-order chi connectivity index (χ1) is 10.6. The summed E-state index contributed by atoms with van der Waals surface area (Å²) in [4.78, 5) is 12.5. The average molecular weight is 299 g/mol. The monoisotopic (exact) mass is 299 g/mol. The van der Waals surface area contributed by atoms with Gasteiger partial charge in [-0.2, -0.15) is 0 Å².